The summed E-state index contributed by atoms with van der Waals surface area (Å²) in [5.41, 5.74) is 0.614. The molecular formula is C15H16BrNO4. The van der Waals surface area contributed by atoms with Crippen molar-refractivity contribution in [1.29, 1.82) is 0 Å². The molecule has 0 fully saturated rings. The van der Waals surface area contributed by atoms with E-state index in [1.807, 2.05) is 32.0 Å². The minimum absolute atomic E-state index is 0.0894. The van der Waals surface area contributed by atoms with Crippen LogP contribution in [-0.2, 0) is 4.79 Å². The average molecular weight is 354 g/mol. The van der Waals surface area contributed by atoms with Crippen LogP contribution >= 0.6 is 15.9 Å². The first-order chi connectivity index (χ1) is 9.90. The lowest BCUT2D eigenvalue weighted by Gasteiger charge is -2.25. The predicted octanol–water partition coefficient (Wildman–Crippen LogP) is 3.52. The van der Waals surface area contributed by atoms with Crippen LogP contribution in [0.3, 0.4) is 0 Å². The maximum atomic E-state index is 12.5. The Kier molecular flexibility index (Phi) is 4.67. The first-order valence-corrected chi connectivity index (χ1v) is 7.40. The number of para-hydroxylation sites is 1. The molecule has 5 nitrogen and oxygen atoms in total. The highest BCUT2D eigenvalue weighted by molar-refractivity contribution is 9.10. The van der Waals surface area contributed by atoms with Crippen LogP contribution in [0.1, 0.15) is 30.8 Å². The molecule has 1 heterocycles. The number of halogens is 1. The van der Waals surface area contributed by atoms with Gasteiger partial charge in [0.15, 0.2) is 5.76 Å². The molecule has 1 N–H and O–H groups in total. The third kappa shape index (κ3) is 3.44. The van der Waals surface area contributed by atoms with Gasteiger partial charge >= 0.3 is 5.97 Å². The summed E-state index contributed by atoms with van der Waals surface area (Å²) in [5.74, 6) is -1.01. The first kappa shape index (κ1) is 15.6. The van der Waals surface area contributed by atoms with E-state index in [-0.39, 0.29) is 30.7 Å². The zero-order chi connectivity index (χ0) is 15.6. The average Bonchev–Trinajstić information content (AvgIpc) is 2.83. The van der Waals surface area contributed by atoms with E-state index in [9.17, 15) is 9.59 Å². The first-order valence-electron chi connectivity index (χ1n) is 6.61. The van der Waals surface area contributed by atoms with Gasteiger partial charge in [0.1, 0.15) is 5.58 Å². The maximum absolute atomic E-state index is 12.5. The number of carbonyl (C=O) groups excluding carboxylic acids is 1. The van der Waals surface area contributed by atoms with Gasteiger partial charge in [-0.2, -0.15) is 0 Å². The largest absolute Gasteiger partial charge is 0.481 e. The summed E-state index contributed by atoms with van der Waals surface area (Å²) >= 11 is 3.38. The van der Waals surface area contributed by atoms with Crippen LogP contribution in [-0.4, -0.2) is 34.5 Å². The van der Waals surface area contributed by atoms with E-state index in [1.54, 1.807) is 6.07 Å². The van der Waals surface area contributed by atoms with Crippen LogP contribution in [0.15, 0.2) is 33.2 Å². The molecule has 2 rings (SSSR count). The fourth-order valence-electron chi connectivity index (χ4n) is 2.08. The number of fused-ring (bicyclic) bond motifs is 1. The maximum Gasteiger partial charge on any atom is 0.305 e. The monoisotopic (exact) mass is 353 g/mol. The van der Waals surface area contributed by atoms with Crippen molar-refractivity contribution < 1.29 is 19.1 Å². The van der Waals surface area contributed by atoms with Crippen molar-refractivity contribution >= 4 is 38.8 Å². The molecule has 1 amide bonds. The predicted molar refractivity (Wildman–Crippen MR) is 82.3 cm³/mol. The van der Waals surface area contributed by atoms with E-state index in [2.05, 4.69) is 15.9 Å². The number of aliphatic carboxylic acids is 1. The van der Waals surface area contributed by atoms with Gasteiger partial charge in [0, 0.05) is 18.0 Å². The van der Waals surface area contributed by atoms with Gasteiger partial charge in [-0.1, -0.05) is 12.1 Å². The Morgan fingerprint density at radius 1 is 1.38 bits per heavy atom. The smallest absolute Gasteiger partial charge is 0.305 e. The standard InChI is InChI=1S/C15H16BrNO4/c1-9(2)17(7-6-13(18)19)15(20)12-8-10-4-3-5-11(16)14(10)21-12/h3-5,8-9H,6-7H2,1-2H3,(H,18,19). The molecule has 0 bridgehead atoms. The number of amides is 1. The van der Waals surface area contributed by atoms with Crippen molar-refractivity contribution in [3.05, 3.63) is 34.5 Å². The minimum atomic E-state index is -0.930. The number of furan rings is 1. The van der Waals surface area contributed by atoms with Crippen molar-refractivity contribution in [2.24, 2.45) is 0 Å². The lowest BCUT2D eigenvalue weighted by atomic mass is 10.2. The Balaban J connectivity index is 2.30. The quantitative estimate of drug-likeness (QED) is 0.892. The van der Waals surface area contributed by atoms with Gasteiger partial charge < -0.3 is 14.4 Å². The van der Waals surface area contributed by atoms with E-state index >= 15 is 0 Å². The number of benzene rings is 1. The third-order valence-electron chi connectivity index (χ3n) is 3.16. The number of carboxylic acids is 1. The van der Waals surface area contributed by atoms with Gasteiger partial charge in [-0.15, -0.1) is 0 Å². The number of rotatable bonds is 5. The molecule has 0 atom stereocenters. The Morgan fingerprint density at radius 3 is 2.67 bits per heavy atom. The summed E-state index contributed by atoms with van der Waals surface area (Å²) in [4.78, 5) is 24.7. The van der Waals surface area contributed by atoms with Crippen molar-refractivity contribution in [2.45, 2.75) is 26.3 Å². The summed E-state index contributed by atoms with van der Waals surface area (Å²) in [6.07, 6.45) is -0.0894. The molecule has 6 heteroatoms. The minimum Gasteiger partial charge on any atom is -0.481 e. The zero-order valence-corrected chi connectivity index (χ0v) is 13.4. The van der Waals surface area contributed by atoms with Gasteiger partial charge in [-0.05, 0) is 41.9 Å². The second kappa shape index (κ2) is 6.30. The summed E-state index contributed by atoms with van der Waals surface area (Å²) in [5, 5.41) is 9.61. The molecule has 1 aromatic heterocycles. The Morgan fingerprint density at radius 2 is 2.10 bits per heavy atom. The number of hydrogen-bond acceptors (Lipinski definition) is 3. The molecule has 0 aliphatic carbocycles. The van der Waals surface area contributed by atoms with Gasteiger partial charge in [0.05, 0.1) is 10.9 Å². The molecule has 2 aromatic rings. The van der Waals surface area contributed by atoms with E-state index < -0.39 is 5.97 Å². The molecule has 0 aliphatic rings. The topological polar surface area (TPSA) is 70.8 Å². The Labute approximate surface area is 130 Å². The second-order valence-corrected chi connectivity index (χ2v) is 5.86. The molecule has 0 aliphatic heterocycles. The fourth-order valence-corrected chi connectivity index (χ4v) is 2.55. The SMILES string of the molecule is CC(C)N(CCC(=O)O)C(=O)c1cc2cccc(Br)c2o1. The van der Waals surface area contributed by atoms with E-state index in [0.717, 1.165) is 9.86 Å². The molecule has 21 heavy (non-hydrogen) atoms. The molecule has 1 aromatic carbocycles. The van der Waals surface area contributed by atoms with Crippen LogP contribution in [0.2, 0.25) is 0 Å². The summed E-state index contributed by atoms with van der Waals surface area (Å²) in [6, 6.07) is 7.13. The second-order valence-electron chi connectivity index (χ2n) is 5.00. The Hall–Kier alpha value is -1.82. The lowest BCUT2D eigenvalue weighted by molar-refractivity contribution is -0.137. The lowest BCUT2D eigenvalue weighted by Crippen LogP contribution is -2.38. The van der Waals surface area contributed by atoms with E-state index in [4.69, 9.17) is 9.52 Å². The van der Waals surface area contributed by atoms with Crippen molar-refractivity contribution in [2.75, 3.05) is 6.54 Å². The zero-order valence-electron chi connectivity index (χ0n) is 11.8. The van der Waals surface area contributed by atoms with Gasteiger partial charge in [-0.3, -0.25) is 9.59 Å². The summed E-state index contributed by atoms with van der Waals surface area (Å²) in [6.45, 7) is 3.85. The number of carbonyl (C=O) groups is 2. The molecule has 0 spiro atoms. The van der Waals surface area contributed by atoms with Crippen molar-refractivity contribution in [3.63, 3.8) is 0 Å². The van der Waals surface area contributed by atoms with Crippen LogP contribution in [0.25, 0.3) is 11.0 Å². The highest BCUT2D eigenvalue weighted by Gasteiger charge is 2.23. The summed E-state index contributed by atoms with van der Waals surface area (Å²) < 4.78 is 6.39. The fraction of sp³-hybridized carbons (Fsp3) is 0.333. The summed E-state index contributed by atoms with van der Waals surface area (Å²) in [7, 11) is 0. The van der Waals surface area contributed by atoms with Gasteiger partial charge in [0.2, 0.25) is 0 Å². The van der Waals surface area contributed by atoms with E-state index in [0.29, 0.717) is 5.58 Å². The molecule has 0 saturated carbocycles. The van der Waals surface area contributed by atoms with Gasteiger partial charge in [0.25, 0.3) is 5.91 Å². The Bertz CT molecular complexity index is 677. The van der Waals surface area contributed by atoms with Crippen LogP contribution in [0.5, 0.6) is 0 Å². The van der Waals surface area contributed by atoms with E-state index in [1.165, 1.54) is 4.90 Å². The van der Waals surface area contributed by atoms with Crippen molar-refractivity contribution in [3.8, 4) is 0 Å². The van der Waals surface area contributed by atoms with Gasteiger partial charge in [-0.25, -0.2) is 0 Å². The number of nitrogens with zero attached hydrogens (tertiary/aromatic N) is 1. The normalized spacial score (nSPS) is 11.0. The third-order valence-corrected chi connectivity index (χ3v) is 3.78. The van der Waals surface area contributed by atoms with Crippen LogP contribution in [0.4, 0.5) is 0 Å². The van der Waals surface area contributed by atoms with Crippen LogP contribution < -0.4 is 0 Å². The van der Waals surface area contributed by atoms with Crippen LogP contribution in [0, 0.1) is 0 Å². The highest BCUT2D eigenvalue weighted by Crippen LogP contribution is 2.27. The molecule has 0 unspecified atom stereocenters. The number of hydrogen-bond donors (Lipinski definition) is 1. The molecule has 112 valence electrons. The molecule has 0 saturated heterocycles. The highest BCUT2D eigenvalue weighted by atomic mass is 79.9. The van der Waals surface area contributed by atoms with Crippen molar-refractivity contribution in [1.82, 2.24) is 4.90 Å². The molecular weight excluding hydrogens is 338 g/mol. The molecule has 0 radical (unpaired) electrons. The number of carboxylic acid groups (broad SMARTS) is 1.